The summed E-state index contributed by atoms with van der Waals surface area (Å²) in [5.74, 6) is -2.53. The van der Waals surface area contributed by atoms with Gasteiger partial charge in [0.2, 0.25) is 0 Å². The van der Waals surface area contributed by atoms with Crippen LogP contribution in [0.25, 0.3) is 0 Å². The molecular weight excluding hydrogens is 378 g/mol. The second kappa shape index (κ2) is 8.06. The Morgan fingerprint density at radius 1 is 0.750 bits per heavy atom. The lowest BCUT2D eigenvalue weighted by Gasteiger charge is -2.23. The molecule has 0 heterocycles. The highest BCUT2D eigenvalue weighted by Crippen LogP contribution is 2.24. The lowest BCUT2D eigenvalue weighted by molar-refractivity contribution is 0.0690. The first-order valence-corrected chi connectivity index (χ1v) is 8.80. The lowest BCUT2D eigenvalue weighted by Crippen LogP contribution is -2.38. The van der Waals surface area contributed by atoms with Crippen LogP contribution >= 0.6 is 11.6 Å². The molecule has 3 rings (SSSR count). The maximum Gasteiger partial charge on any atom is 0.336 e. The van der Waals surface area contributed by atoms with Gasteiger partial charge in [-0.3, -0.25) is 9.59 Å². The molecule has 2 amide bonds. The summed E-state index contributed by atoms with van der Waals surface area (Å²) in [6, 6.07) is 18.9. The van der Waals surface area contributed by atoms with Crippen molar-refractivity contribution in [3.8, 4) is 0 Å². The van der Waals surface area contributed by atoms with E-state index in [1.54, 1.807) is 61.5 Å². The quantitative estimate of drug-likeness (QED) is 0.644. The Kier molecular flexibility index (Phi) is 5.57. The highest BCUT2D eigenvalue weighted by atomic mass is 35.5. The SMILES string of the molecule is Cc1ccccc1C(=O)N(C(=O)c1ccccc1C(=O)O)c1ccc(Cl)cc1. The number of nitrogens with zero attached hydrogens (tertiary/aromatic N) is 1. The summed E-state index contributed by atoms with van der Waals surface area (Å²) < 4.78 is 0. The molecule has 0 bridgehead atoms. The van der Waals surface area contributed by atoms with Crippen LogP contribution in [0.15, 0.2) is 72.8 Å². The van der Waals surface area contributed by atoms with Crippen LogP contribution in [0.1, 0.15) is 36.6 Å². The highest BCUT2D eigenvalue weighted by molar-refractivity contribution is 6.31. The number of anilines is 1. The molecule has 0 radical (unpaired) electrons. The monoisotopic (exact) mass is 393 g/mol. The number of aryl methyl sites for hydroxylation is 1. The van der Waals surface area contributed by atoms with E-state index in [2.05, 4.69) is 0 Å². The largest absolute Gasteiger partial charge is 0.478 e. The Labute approximate surface area is 166 Å². The lowest BCUT2D eigenvalue weighted by atomic mass is 10.0. The third kappa shape index (κ3) is 3.80. The normalized spacial score (nSPS) is 10.4. The average molecular weight is 394 g/mol. The molecule has 0 aliphatic carbocycles. The van der Waals surface area contributed by atoms with Gasteiger partial charge in [0.15, 0.2) is 0 Å². The minimum absolute atomic E-state index is 0.0770. The number of rotatable bonds is 4. The Morgan fingerprint density at radius 2 is 1.25 bits per heavy atom. The van der Waals surface area contributed by atoms with E-state index in [0.29, 0.717) is 21.8 Å². The van der Waals surface area contributed by atoms with Crippen LogP contribution in [0.4, 0.5) is 5.69 Å². The summed E-state index contributed by atoms with van der Waals surface area (Å²) in [5, 5.41) is 9.88. The van der Waals surface area contributed by atoms with Crippen molar-refractivity contribution in [1.29, 1.82) is 0 Å². The standard InChI is InChI=1S/C22H16ClNO4/c1-14-6-2-3-7-17(14)20(25)24(16-12-10-15(23)11-13-16)21(26)18-8-4-5-9-19(18)22(27)28/h2-13H,1H3,(H,27,28). The second-order valence-corrected chi connectivity index (χ2v) is 6.52. The molecule has 0 aliphatic rings. The number of carbonyl (C=O) groups excluding carboxylic acids is 2. The second-order valence-electron chi connectivity index (χ2n) is 6.09. The molecule has 0 saturated carbocycles. The Bertz CT molecular complexity index is 1060. The fourth-order valence-electron chi connectivity index (χ4n) is 2.83. The third-order valence-corrected chi connectivity index (χ3v) is 4.51. The zero-order chi connectivity index (χ0) is 20.3. The van der Waals surface area contributed by atoms with E-state index in [-0.39, 0.29) is 11.1 Å². The van der Waals surface area contributed by atoms with Gasteiger partial charge in [-0.05, 0) is 55.0 Å². The molecule has 0 saturated heterocycles. The first-order valence-electron chi connectivity index (χ1n) is 8.42. The molecule has 6 heteroatoms. The van der Waals surface area contributed by atoms with Crippen LogP contribution in [-0.4, -0.2) is 22.9 Å². The number of halogens is 1. The molecule has 28 heavy (non-hydrogen) atoms. The maximum absolute atomic E-state index is 13.3. The van der Waals surface area contributed by atoms with E-state index in [9.17, 15) is 19.5 Å². The van der Waals surface area contributed by atoms with E-state index >= 15 is 0 Å². The molecule has 0 unspecified atom stereocenters. The fraction of sp³-hybridized carbons (Fsp3) is 0.0455. The van der Waals surface area contributed by atoms with Gasteiger partial charge in [0.25, 0.3) is 11.8 Å². The Morgan fingerprint density at radius 3 is 1.82 bits per heavy atom. The van der Waals surface area contributed by atoms with E-state index in [1.807, 2.05) is 0 Å². The van der Waals surface area contributed by atoms with E-state index < -0.39 is 17.8 Å². The molecular formula is C22H16ClNO4. The number of imide groups is 1. The van der Waals surface area contributed by atoms with Crippen molar-refractivity contribution in [2.75, 3.05) is 4.90 Å². The molecule has 1 N–H and O–H groups in total. The number of amides is 2. The average Bonchev–Trinajstić information content (AvgIpc) is 2.69. The summed E-state index contributed by atoms with van der Waals surface area (Å²) in [5.41, 5.74) is 1.09. The smallest absolute Gasteiger partial charge is 0.336 e. The van der Waals surface area contributed by atoms with Crippen molar-refractivity contribution in [2.24, 2.45) is 0 Å². The molecule has 3 aromatic rings. The van der Waals surface area contributed by atoms with Crippen molar-refractivity contribution in [1.82, 2.24) is 0 Å². The van der Waals surface area contributed by atoms with Gasteiger partial charge in [-0.1, -0.05) is 41.9 Å². The summed E-state index contributed by atoms with van der Waals surface area (Å²) in [6.45, 7) is 1.77. The first kappa shape index (κ1) is 19.3. The number of carboxylic acids is 1. The number of hydrogen-bond acceptors (Lipinski definition) is 3. The van der Waals surface area contributed by atoms with Gasteiger partial charge in [0.05, 0.1) is 16.8 Å². The van der Waals surface area contributed by atoms with Gasteiger partial charge >= 0.3 is 5.97 Å². The van der Waals surface area contributed by atoms with Crippen molar-refractivity contribution >= 4 is 35.1 Å². The van der Waals surface area contributed by atoms with Gasteiger partial charge < -0.3 is 5.11 Å². The molecule has 0 aromatic heterocycles. The zero-order valence-electron chi connectivity index (χ0n) is 14.9. The fourth-order valence-corrected chi connectivity index (χ4v) is 2.95. The summed E-state index contributed by atoms with van der Waals surface area (Å²) in [4.78, 5) is 39.1. The van der Waals surface area contributed by atoms with E-state index in [1.165, 1.54) is 18.2 Å². The molecule has 3 aromatic carbocycles. The van der Waals surface area contributed by atoms with Gasteiger partial charge in [0.1, 0.15) is 0 Å². The molecule has 0 aliphatic heterocycles. The van der Waals surface area contributed by atoms with Crippen LogP contribution in [0.5, 0.6) is 0 Å². The summed E-state index contributed by atoms with van der Waals surface area (Å²) in [7, 11) is 0. The molecule has 5 nitrogen and oxygen atoms in total. The molecule has 0 atom stereocenters. The predicted octanol–water partition coefficient (Wildman–Crippen LogP) is 4.83. The van der Waals surface area contributed by atoms with Crippen molar-refractivity contribution in [3.63, 3.8) is 0 Å². The Balaban J connectivity index is 2.16. The Hall–Kier alpha value is -3.44. The van der Waals surface area contributed by atoms with Crippen molar-refractivity contribution in [3.05, 3.63) is 100 Å². The molecule has 0 spiro atoms. The number of aromatic carboxylic acids is 1. The summed E-state index contributed by atoms with van der Waals surface area (Å²) in [6.07, 6.45) is 0. The minimum Gasteiger partial charge on any atom is -0.478 e. The van der Waals surface area contributed by atoms with E-state index in [0.717, 1.165) is 4.90 Å². The van der Waals surface area contributed by atoms with Crippen LogP contribution in [0.2, 0.25) is 5.02 Å². The van der Waals surface area contributed by atoms with Crippen LogP contribution < -0.4 is 4.90 Å². The van der Waals surface area contributed by atoms with Gasteiger partial charge in [-0.2, -0.15) is 0 Å². The topological polar surface area (TPSA) is 74.7 Å². The predicted molar refractivity (Wildman–Crippen MR) is 107 cm³/mol. The highest BCUT2D eigenvalue weighted by Gasteiger charge is 2.29. The van der Waals surface area contributed by atoms with Crippen molar-refractivity contribution in [2.45, 2.75) is 6.92 Å². The number of benzene rings is 3. The minimum atomic E-state index is -1.25. The van der Waals surface area contributed by atoms with Crippen LogP contribution in [0, 0.1) is 6.92 Å². The maximum atomic E-state index is 13.3. The van der Waals surface area contributed by atoms with Crippen molar-refractivity contribution < 1.29 is 19.5 Å². The van der Waals surface area contributed by atoms with Gasteiger partial charge in [0, 0.05) is 10.6 Å². The van der Waals surface area contributed by atoms with Crippen LogP contribution in [-0.2, 0) is 0 Å². The van der Waals surface area contributed by atoms with E-state index in [4.69, 9.17) is 11.6 Å². The number of carboxylic acid groups (broad SMARTS) is 1. The third-order valence-electron chi connectivity index (χ3n) is 4.25. The molecule has 0 fully saturated rings. The van der Waals surface area contributed by atoms with Crippen LogP contribution in [0.3, 0.4) is 0 Å². The number of hydrogen-bond donors (Lipinski definition) is 1. The van der Waals surface area contributed by atoms with Gasteiger partial charge in [-0.15, -0.1) is 0 Å². The number of carbonyl (C=O) groups is 3. The molecule has 140 valence electrons. The van der Waals surface area contributed by atoms with Gasteiger partial charge in [-0.25, -0.2) is 9.69 Å². The summed E-state index contributed by atoms with van der Waals surface area (Å²) >= 11 is 5.94. The first-order chi connectivity index (χ1) is 13.4. The zero-order valence-corrected chi connectivity index (χ0v) is 15.7.